The van der Waals surface area contributed by atoms with Gasteiger partial charge in [0.2, 0.25) is 29.5 Å². The van der Waals surface area contributed by atoms with Gasteiger partial charge in [0, 0.05) is 49.9 Å². The molecule has 4 aliphatic rings. The normalized spacial score (nSPS) is 19.2. The third kappa shape index (κ3) is 7.96. The Morgan fingerprint density at radius 1 is 0.712 bits per heavy atom. The molecule has 52 heavy (non-hydrogen) atoms. The highest BCUT2D eigenvalue weighted by molar-refractivity contribution is 6.02. The van der Waals surface area contributed by atoms with Crippen LogP contribution in [0.15, 0.2) is 48.5 Å². The Hall–Kier alpha value is -6.04. The summed E-state index contributed by atoms with van der Waals surface area (Å²) in [5.74, 6) is 1.79. The highest BCUT2D eigenvalue weighted by Crippen LogP contribution is 2.28. The van der Waals surface area contributed by atoms with Crippen LogP contribution in [0.3, 0.4) is 0 Å². The van der Waals surface area contributed by atoms with Crippen molar-refractivity contribution in [2.75, 3.05) is 31.1 Å². The van der Waals surface area contributed by atoms with Crippen LogP contribution >= 0.6 is 0 Å². The molecule has 0 unspecified atom stereocenters. The van der Waals surface area contributed by atoms with Crippen molar-refractivity contribution in [2.24, 2.45) is 0 Å². The summed E-state index contributed by atoms with van der Waals surface area (Å²) in [4.78, 5) is 111. The van der Waals surface area contributed by atoms with Crippen LogP contribution in [-0.2, 0) is 49.7 Å². The van der Waals surface area contributed by atoms with E-state index in [4.69, 9.17) is 4.84 Å². The minimum absolute atomic E-state index is 0.0516. The molecule has 15 nitrogen and oxygen atoms in total. The van der Waals surface area contributed by atoms with Crippen LogP contribution in [0.2, 0.25) is 0 Å². The summed E-state index contributed by atoms with van der Waals surface area (Å²) in [6.07, 6.45) is 1.31. The first-order valence-electron chi connectivity index (χ1n) is 17.3. The van der Waals surface area contributed by atoms with Crippen LogP contribution in [0.5, 0.6) is 0 Å². The van der Waals surface area contributed by atoms with Crippen molar-refractivity contribution in [3.63, 3.8) is 0 Å². The van der Waals surface area contributed by atoms with Gasteiger partial charge in [0.25, 0.3) is 11.8 Å². The summed E-state index contributed by atoms with van der Waals surface area (Å²) >= 11 is 0. The fraction of sp³-hybridized carbons (Fsp3) is 0.405. The number of nitrogens with one attached hydrogen (secondary N) is 2. The Morgan fingerprint density at radius 3 is 2.12 bits per heavy atom. The van der Waals surface area contributed by atoms with Gasteiger partial charge in [-0.15, -0.1) is 5.06 Å². The maximum absolute atomic E-state index is 13.5. The number of amides is 7. The fourth-order valence-electron chi connectivity index (χ4n) is 6.77. The third-order valence-corrected chi connectivity index (χ3v) is 9.48. The highest BCUT2D eigenvalue weighted by atomic mass is 16.7. The van der Waals surface area contributed by atoms with Gasteiger partial charge in [-0.05, 0) is 49.4 Å². The summed E-state index contributed by atoms with van der Waals surface area (Å²) in [6.45, 7) is -0.0289. The second kappa shape index (κ2) is 15.9. The molecule has 0 saturated carbocycles. The van der Waals surface area contributed by atoms with Crippen molar-refractivity contribution in [3.8, 4) is 11.8 Å². The SMILES string of the molecule is O=C(CCC(=O)N1Cc2ccccc2C#Cc2ccccc21)NCC(=O)NCC(=O)N1CCC[C@H]1C(=O)N1CCC[C@H]1C(=O)ON1C(=O)CCC1=O. The van der Waals surface area contributed by atoms with E-state index in [1.807, 2.05) is 48.5 Å². The maximum atomic E-state index is 13.5. The van der Waals surface area contributed by atoms with Crippen LogP contribution in [0.4, 0.5) is 5.69 Å². The summed E-state index contributed by atoms with van der Waals surface area (Å²) in [6, 6.07) is 13.0. The first-order chi connectivity index (χ1) is 25.1. The van der Waals surface area contributed by atoms with Crippen molar-refractivity contribution >= 4 is 53.0 Å². The zero-order valence-electron chi connectivity index (χ0n) is 28.4. The van der Waals surface area contributed by atoms with E-state index in [9.17, 15) is 38.4 Å². The lowest BCUT2D eigenvalue weighted by molar-refractivity contribution is -0.201. The van der Waals surface area contributed by atoms with Crippen molar-refractivity contribution < 1.29 is 43.2 Å². The minimum atomic E-state index is -0.999. The number of rotatable bonds is 10. The van der Waals surface area contributed by atoms with E-state index in [0.717, 1.165) is 11.1 Å². The van der Waals surface area contributed by atoms with Crippen LogP contribution in [0, 0.1) is 11.8 Å². The van der Waals surface area contributed by atoms with Gasteiger partial charge in [0.15, 0.2) is 0 Å². The molecule has 7 amide bonds. The van der Waals surface area contributed by atoms with E-state index in [1.54, 1.807) is 4.90 Å². The van der Waals surface area contributed by atoms with E-state index in [-0.39, 0.29) is 57.6 Å². The Balaban J connectivity index is 0.954. The maximum Gasteiger partial charge on any atom is 0.355 e. The molecule has 0 aromatic heterocycles. The highest BCUT2D eigenvalue weighted by Gasteiger charge is 2.44. The molecule has 2 aromatic rings. The van der Waals surface area contributed by atoms with Crippen LogP contribution < -0.4 is 15.5 Å². The van der Waals surface area contributed by atoms with Crippen molar-refractivity contribution in [1.29, 1.82) is 0 Å². The average molecular weight is 711 g/mol. The number of benzene rings is 2. The number of anilines is 1. The number of carbonyl (C=O) groups is 8. The van der Waals surface area contributed by atoms with Gasteiger partial charge < -0.3 is 30.2 Å². The standard InChI is InChI=1S/C37H38N6O9/c44-30(15-16-32(46)42-23-26-9-2-1-7-24(26)13-14-25-8-3-4-10-27(25)42)38-21-31(45)39-22-35(49)40-19-5-11-28(40)36(50)41-20-6-12-29(41)37(51)52-43-33(47)17-18-34(43)48/h1-4,7-10,28-29H,5-6,11-12,15-23H2,(H,38,44)(H,39,45)/t28-,29-/m0/s1. The average Bonchev–Trinajstić information content (AvgIpc) is 3.91. The number of fused-ring (bicyclic) bond motifs is 2. The number of hydrogen-bond donors (Lipinski definition) is 2. The molecule has 2 aromatic carbocycles. The Bertz CT molecular complexity index is 1870. The van der Waals surface area contributed by atoms with Crippen molar-refractivity contribution in [1.82, 2.24) is 25.5 Å². The lowest BCUT2D eigenvalue weighted by atomic mass is 10.0. The van der Waals surface area contributed by atoms with Crippen LogP contribution in [0.1, 0.15) is 68.1 Å². The van der Waals surface area contributed by atoms with Gasteiger partial charge in [-0.25, -0.2) is 4.79 Å². The first-order valence-corrected chi connectivity index (χ1v) is 17.3. The third-order valence-electron chi connectivity index (χ3n) is 9.48. The lowest BCUT2D eigenvalue weighted by Gasteiger charge is -2.31. The molecule has 4 aliphatic heterocycles. The Labute approximate surface area is 299 Å². The monoisotopic (exact) mass is 710 g/mol. The molecule has 0 radical (unpaired) electrons. The molecule has 2 N–H and O–H groups in total. The van der Waals surface area contributed by atoms with E-state index < -0.39 is 66.6 Å². The number of hydrogen-bond acceptors (Lipinski definition) is 9. The Kier molecular flexibility index (Phi) is 10.9. The number of nitrogens with zero attached hydrogens (tertiary/aromatic N) is 4. The Morgan fingerprint density at radius 2 is 1.35 bits per heavy atom. The number of hydroxylamine groups is 2. The largest absolute Gasteiger partial charge is 0.355 e. The van der Waals surface area contributed by atoms with E-state index in [1.165, 1.54) is 9.80 Å². The van der Waals surface area contributed by atoms with Crippen LogP contribution in [-0.4, -0.2) is 100 Å². The van der Waals surface area contributed by atoms with E-state index >= 15 is 0 Å². The van der Waals surface area contributed by atoms with Gasteiger partial charge in [-0.1, -0.05) is 42.2 Å². The molecule has 4 heterocycles. The zero-order chi connectivity index (χ0) is 36.8. The quantitative estimate of drug-likeness (QED) is 0.263. The molecule has 270 valence electrons. The zero-order valence-corrected chi connectivity index (χ0v) is 28.4. The topological polar surface area (TPSA) is 183 Å². The molecule has 0 bridgehead atoms. The molecule has 3 saturated heterocycles. The summed E-state index contributed by atoms with van der Waals surface area (Å²) in [5.41, 5.74) is 3.05. The number of carbonyl (C=O) groups excluding carboxylic acids is 8. The predicted molar refractivity (Wildman–Crippen MR) is 182 cm³/mol. The summed E-state index contributed by atoms with van der Waals surface area (Å²) in [7, 11) is 0. The summed E-state index contributed by atoms with van der Waals surface area (Å²) in [5, 5.41) is 5.40. The number of imide groups is 1. The minimum Gasteiger partial charge on any atom is -0.347 e. The smallest absolute Gasteiger partial charge is 0.347 e. The van der Waals surface area contributed by atoms with Crippen molar-refractivity contribution in [2.45, 2.75) is 70.0 Å². The second-order valence-electron chi connectivity index (χ2n) is 12.9. The first kappa shape index (κ1) is 35.8. The van der Waals surface area contributed by atoms with Crippen molar-refractivity contribution in [3.05, 3.63) is 65.2 Å². The number of para-hydroxylation sites is 1. The molecule has 2 atom stereocenters. The second-order valence-corrected chi connectivity index (χ2v) is 12.9. The molecule has 3 fully saturated rings. The number of likely N-dealkylation sites (tertiary alicyclic amines) is 2. The predicted octanol–water partition coefficient (Wildman–Crippen LogP) is 0.535. The van der Waals surface area contributed by atoms with E-state index in [2.05, 4.69) is 22.5 Å². The van der Waals surface area contributed by atoms with Gasteiger partial charge in [-0.2, -0.15) is 0 Å². The fourth-order valence-corrected chi connectivity index (χ4v) is 6.77. The molecular weight excluding hydrogens is 672 g/mol. The van der Waals surface area contributed by atoms with Gasteiger partial charge >= 0.3 is 5.97 Å². The molecular formula is C37H38N6O9. The lowest BCUT2D eigenvalue weighted by Crippen LogP contribution is -2.53. The molecule has 0 aliphatic carbocycles. The van der Waals surface area contributed by atoms with Gasteiger partial charge in [0.1, 0.15) is 12.1 Å². The molecule has 15 heteroatoms. The van der Waals surface area contributed by atoms with Gasteiger partial charge in [0.05, 0.1) is 25.3 Å². The van der Waals surface area contributed by atoms with E-state index in [0.29, 0.717) is 35.6 Å². The summed E-state index contributed by atoms with van der Waals surface area (Å²) < 4.78 is 0. The molecule has 6 rings (SSSR count). The van der Waals surface area contributed by atoms with Crippen LogP contribution in [0.25, 0.3) is 0 Å². The van der Waals surface area contributed by atoms with Gasteiger partial charge in [-0.3, -0.25) is 33.6 Å². The molecule has 0 spiro atoms.